The van der Waals surface area contributed by atoms with E-state index in [1.807, 2.05) is 37.3 Å². The number of hydrogen-bond acceptors (Lipinski definition) is 4. The SMILES string of the molecule is CC(C)=CCC/C(C)=C/C=O.CC(OC(=O)c1ccccc1O)c1ccccc1. The predicted molar refractivity (Wildman–Crippen MR) is 117 cm³/mol. The number of phenols is 1. The van der Waals surface area contributed by atoms with E-state index >= 15 is 0 Å². The normalized spacial score (nSPS) is 11.5. The maximum absolute atomic E-state index is 11.9. The maximum Gasteiger partial charge on any atom is 0.342 e. The summed E-state index contributed by atoms with van der Waals surface area (Å²) in [5.41, 5.74) is 3.59. The van der Waals surface area contributed by atoms with Crippen LogP contribution in [0.25, 0.3) is 0 Å². The predicted octanol–water partition coefficient (Wildman–Crippen LogP) is 6.19. The lowest BCUT2D eigenvalue weighted by Gasteiger charge is -2.13. The van der Waals surface area contributed by atoms with Crippen LogP contribution in [0.3, 0.4) is 0 Å². The van der Waals surface area contributed by atoms with Crippen molar-refractivity contribution in [3.05, 3.63) is 89.0 Å². The highest BCUT2D eigenvalue weighted by molar-refractivity contribution is 5.92. The summed E-state index contributed by atoms with van der Waals surface area (Å²) in [7, 11) is 0. The van der Waals surface area contributed by atoms with Gasteiger partial charge in [-0.15, -0.1) is 0 Å². The number of esters is 1. The first-order chi connectivity index (χ1) is 13.8. The van der Waals surface area contributed by atoms with Crippen LogP contribution in [0.4, 0.5) is 0 Å². The minimum atomic E-state index is -0.524. The molecule has 0 amide bonds. The molecule has 0 bridgehead atoms. The molecule has 0 radical (unpaired) electrons. The molecule has 1 N–H and O–H groups in total. The van der Waals surface area contributed by atoms with Crippen LogP contribution >= 0.6 is 0 Å². The molecular weight excluding hydrogens is 364 g/mol. The van der Waals surface area contributed by atoms with Crippen LogP contribution in [0.5, 0.6) is 5.75 Å². The van der Waals surface area contributed by atoms with Crippen LogP contribution < -0.4 is 0 Å². The lowest BCUT2D eigenvalue weighted by molar-refractivity contribution is -0.104. The standard InChI is InChI=1S/C15H14O3.C10H16O/c1-11(12-7-3-2-4-8-12)18-15(17)13-9-5-6-10-14(13)16;1-9(2)5-4-6-10(3)7-8-11/h2-11,16H,1H3;5,7-8H,4,6H2,1-3H3/b;10-7+. The lowest BCUT2D eigenvalue weighted by Crippen LogP contribution is -2.09. The van der Waals surface area contributed by atoms with Crippen molar-refractivity contribution in [3.63, 3.8) is 0 Å². The second-order valence-corrected chi connectivity index (χ2v) is 6.94. The Labute approximate surface area is 173 Å². The Morgan fingerprint density at radius 3 is 2.24 bits per heavy atom. The monoisotopic (exact) mass is 394 g/mol. The average Bonchev–Trinajstić information content (AvgIpc) is 2.69. The number of carbonyl (C=O) groups is 2. The molecular formula is C25H30O4. The van der Waals surface area contributed by atoms with Crippen molar-refractivity contribution in [1.29, 1.82) is 0 Å². The number of carbonyl (C=O) groups excluding carboxylic acids is 2. The first-order valence-electron chi connectivity index (χ1n) is 9.63. The number of aldehydes is 1. The largest absolute Gasteiger partial charge is 0.507 e. The van der Waals surface area contributed by atoms with E-state index < -0.39 is 5.97 Å². The van der Waals surface area contributed by atoms with Crippen LogP contribution in [0.15, 0.2) is 77.9 Å². The van der Waals surface area contributed by atoms with Gasteiger partial charge in [0.1, 0.15) is 23.7 Å². The Kier molecular flexibility index (Phi) is 10.8. The zero-order valence-corrected chi connectivity index (χ0v) is 17.6. The van der Waals surface area contributed by atoms with Gasteiger partial charge in [0.25, 0.3) is 0 Å². The van der Waals surface area contributed by atoms with Crippen molar-refractivity contribution in [2.75, 3.05) is 0 Å². The molecule has 2 rings (SSSR count). The van der Waals surface area contributed by atoms with Crippen LogP contribution in [-0.4, -0.2) is 17.4 Å². The minimum absolute atomic E-state index is 0.0669. The van der Waals surface area contributed by atoms with Gasteiger partial charge in [-0.1, -0.05) is 59.7 Å². The first kappa shape index (κ1) is 23.9. The average molecular weight is 395 g/mol. The van der Waals surface area contributed by atoms with E-state index in [2.05, 4.69) is 19.9 Å². The number of aromatic hydroxyl groups is 1. The third-order valence-corrected chi connectivity index (χ3v) is 4.12. The first-order valence-corrected chi connectivity index (χ1v) is 9.63. The Balaban J connectivity index is 0.000000331. The number of phenolic OH excluding ortho intramolecular Hbond substituents is 1. The van der Waals surface area contributed by atoms with Gasteiger partial charge in [0.05, 0.1) is 0 Å². The van der Waals surface area contributed by atoms with E-state index in [1.54, 1.807) is 25.1 Å². The Bertz CT molecular complexity index is 831. The highest BCUT2D eigenvalue weighted by Crippen LogP contribution is 2.22. The Hall–Kier alpha value is -3.14. The van der Waals surface area contributed by atoms with Crippen molar-refractivity contribution in [2.24, 2.45) is 0 Å². The molecule has 0 aliphatic heterocycles. The van der Waals surface area contributed by atoms with Crippen molar-refractivity contribution >= 4 is 12.3 Å². The zero-order chi connectivity index (χ0) is 21.6. The molecule has 29 heavy (non-hydrogen) atoms. The molecule has 0 spiro atoms. The maximum atomic E-state index is 11.9. The van der Waals surface area contributed by atoms with Gasteiger partial charge in [0.2, 0.25) is 0 Å². The van der Waals surface area contributed by atoms with E-state index in [-0.39, 0.29) is 17.4 Å². The van der Waals surface area contributed by atoms with Gasteiger partial charge in [0, 0.05) is 0 Å². The quantitative estimate of drug-likeness (QED) is 0.263. The van der Waals surface area contributed by atoms with Gasteiger partial charge in [-0.3, -0.25) is 4.79 Å². The molecule has 4 nitrogen and oxygen atoms in total. The van der Waals surface area contributed by atoms with Crippen molar-refractivity contribution in [1.82, 2.24) is 0 Å². The summed E-state index contributed by atoms with van der Waals surface area (Å²) >= 11 is 0. The summed E-state index contributed by atoms with van der Waals surface area (Å²) < 4.78 is 5.30. The van der Waals surface area contributed by atoms with Crippen molar-refractivity contribution < 1.29 is 19.4 Å². The topological polar surface area (TPSA) is 63.6 Å². The number of ether oxygens (including phenoxy) is 1. The van der Waals surface area contributed by atoms with Crippen LogP contribution in [0.2, 0.25) is 0 Å². The number of benzene rings is 2. The van der Waals surface area contributed by atoms with Crippen LogP contribution in [-0.2, 0) is 9.53 Å². The van der Waals surface area contributed by atoms with Gasteiger partial charge in [-0.05, 0) is 64.3 Å². The number of allylic oxidation sites excluding steroid dienone is 4. The Morgan fingerprint density at radius 2 is 1.66 bits per heavy atom. The second-order valence-electron chi connectivity index (χ2n) is 6.94. The summed E-state index contributed by atoms with van der Waals surface area (Å²) in [5.74, 6) is -0.591. The molecule has 0 aliphatic carbocycles. The molecule has 0 aromatic heterocycles. The summed E-state index contributed by atoms with van der Waals surface area (Å²) in [6.45, 7) is 7.94. The third-order valence-electron chi connectivity index (χ3n) is 4.12. The summed E-state index contributed by atoms with van der Waals surface area (Å²) in [6, 6.07) is 15.8. The molecule has 0 fully saturated rings. The van der Waals surface area contributed by atoms with Gasteiger partial charge in [-0.25, -0.2) is 4.79 Å². The van der Waals surface area contributed by atoms with Gasteiger partial charge >= 0.3 is 5.97 Å². The molecule has 1 atom stereocenters. The summed E-state index contributed by atoms with van der Waals surface area (Å²) in [4.78, 5) is 21.9. The van der Waals surface area contributed by atoms with Crippen molar-refractivity contribution in [2.45, 2.75) is 46.6 Å². The molecule has 154 valence electrons. The minimum Gasteiger partial charge on any atom is -0.507 e. The highest BCUT2D eigenvalue weighted by atomic mass is 16.5. The summed E-state index contributed by atoms with van der Waals surface area (Å²) in [5, 5.41) is 9.56. The number of hydrogen-bond donors (Lipinski definition) is 1. The molecule has 1 unspecified atom stereocenters. The van der Waals surface area contributed by atoms with Crippen LogP contribution in [0, 0.1) is 0 Å². The van der Waals surface area contributed by atoms with Gasteiger partial charge in [-0.2, -0.15) is 0 Å². The fourth-order valence-electron chi connectivity index (χ4n) is 2.45. The molecule has 2 aromatic carbocycles. The zero-order valence-electron chi connectivity index (χ0n) is 17.6. The number of para-hydroxylation sites is 1. The molecule has 4 heteroatoms. The van der Waals surface area contributed by atoms with Gasteiger partial charge in [0.15, 0.2) is 0 Å². The fraction of sp³-hybridized carbons (Fsp3) is 0.280. The molecule has 0 heterocycles. The highest BCUT2D eigenvalue weighted by Gasteiger charge is 2.16. The molecule has 2 aromatic rings. The van der Waals surface area contributed by atoms with E-state index in [1.165, 1.54) is 17.7 Å². The second kappa shape index (κ2) is 13.1. The smallest absolute Gasteiger partial charge is 0.342 e. The fourth-order valence-corrected chi connectivity index (χ4v) is 2.45. The van der Waals surface area contributed by atoms with E-state index in [9.17, 15) is 14.7 Å². The Morgan fingerprint density at radius 1 is 1.03 bits per heavy atom. The lowest BCUT2D eigenvalue weighted by atomic mass is 10.1. The van der Waals surface area contributed by atoms with Crippen LogP contribution in [0.1, 0.15) is 62.6 Å². The summed E-state index contributed by atoms with van der Waals surface area (Å²) in [6.07, 6.45) is 6.33. The molecule has 0 aliphatic rings. The number of rotatable bonds is 7. The van der Waals surface area contributed by atoms with E-state index in [0.29, 0.717) is 0 Å². The van der Waals surface area contributed by atoms with Gasteiger partial charge < -0.3 is 9.84 Å². The molecule has 0 saturated heterocycles. The van der Waals surface area contributed by atoms with Crippen molar-refractivity contribution in [3.8, 4) is 5.75 Å². The molecule has 0 saturated carbocycles. The van der Waals surface area contributed by atoms with E-state index in [4.69, 9.17) is 4.74 Å². The third kappa shape index (κ3) is 9.56. The van der Waals surface area contributed by atoms with E-state index in [0.717, 1.165) is 30.3 Å².